The maximum atomic E-state index is 6.02. The number of halogens is 1. The van der Waals surface area contributed by atoms with Crippen molar-refractivity contribution in [1.82, 2.24) is 20.3 Å². The lowest BCUT2D eigenvalue weighted by atomic mass is 10.1. The molecular formula is C15H21ClN4. The monoisotopic (exact) mass is 292 g/mol. The van der Waals surface area contributed by atoms with Crippen molar-refractivity contribution in [1.29, 1.82) is 0 Å². The summed E-state index contributed by atoms with van der Waals surface area (Å²) in [7, 11) is 1.96. The largest absolute Gasteiger partial charge is 0.312 e. The summed E-state index contributed by atoms with van der Waals surface area (Å²) >= 11 is 6.02. The number of aromatic nitrogens is 3. The molecule has 0 saturated carbocycles. The van der Waals surface area contributed by atoms with Gasteiger partial charge in [-0.1, -0.05) is 30.7 Å². The Balaban J connectivity index is 2.52. The van der Waals surface area contributed by atoms with E-state index >= 15 is 0 Å². The molecule has 0 amide bonds. The van der Waals surface area contributed by atoms with E-state index in [1.54, 1.807) is 0 Å². The third-order valence-electron chi connectivity index (χ3n) is 3.60. The number of hydrogen-bond donors (Lipinski definition) is 1. The molecular weight excluding hydrogens is 272 g/mol. The molecule has 0 aliphatic rings. The number of aryl methyl sites for hydroxylation is 1. The zero-order valence-electron chi connectivity index (χ0n) is 12.4. The summed E-state index contributed by atoms with van der Waals surface area (Å²) in [5.74, 6) is 0. The first-order valence-electron chi connectivity index (χ1n) is 7.00. The first kappa shape index (κ1) is 15.0. The Kier molecular flexibility index (Phi) is 4.78. The van der Waals surface area contributed by atoms with E-state index in [0.29, 0.717) is 0 Å². The van der Waals surface area contributed by atoms with E-state index in [2.05, 4.69) is 29.5 Å². The Morgan fingerprint density at radius 3 is 2.65 bits per heavy atom. The molecule has 4 nitrogen and oxygen atoms in total. The normalized spacial score (nSPS) is 12.7. The van der Waals surface area contributed by atoms with Crippen molar-refractivity contribution in [3.05, 3.63) is 40.2 Å². The smallest absolute Gasteiger partial charge is 0.103 e. The number of hydrogen-bond acceptors (Lipinski definition) is 3. The molecule has 0 bridgehead atoms. The summed E-state index contributed by atoms with van der Waals surface area (Å²) in [5, 5.41) is 12.8. The van der Waals surface area contributed by atoms with Crippen molar-refractivity contribution < 1.29 is 0 Å². The molecule has 0 aliphatic carbocycles. The Morgan fingerprint density at radius 1 is 1.35 bits per heavy atom. The van der Waals surface area contributed by atoms with Crippen molar-refractivity contribution in [3.8, 4) is 5.69 Å². The van der Waals surface area contributed by atoms with Gasteiger partial charge < -0.3 is 5.32 Å². The van der Waals surface area contributed by atoms with Gasteiger partial charge in [0.15, 0.2) is 0 Å². The zero-order chi connectivity index (χ0) is 14.7. The Hall–Kier alpha value is -1.39. The standard InChI is InChI=1S/C15H21ClN4/c1-5-12(17-4)15-13(6-2)20(19-18-15)14-8-7-11(16)9-10(14)3/h7-9,12,17H,5-6H2,1-4H3. The fourth-order valence-electron chi connectivity index (χ4n) is 2.50. The van der Waals surface area contributed by atoms with Gasteiger partial charge in [0.05, 0.1) is 17.4 Å². The maximum Gasteiger partial charge on any atom is 0.103 e. The van der Waals surface area contributed by atoms with Crippen molar-refractivity contribution in [3.63, 3.8) is 0 Å². The SMILES string of the molecule is CCc1c(C(CC)NC)nnn1-c1ccc(Cl)cc1C. The topological polar surface area (TPSA) is 42.7 Å². The predicted molar refractivity (Wildman–Crippen MR) is 82.6 cm³/mol. The molecule has 2 rings (SSSR count). The Bertz CT molecular complexity index is 588. The molecule has 0 spiro atoms. The lowest BCUT2D eigenvalue weighted by molar-refractivity contribution is 0.555. The Morgan fingerprint density at radius 2 is 2.10 bits per heavy atom. The third-order valence-corrected chi connectivity index (χ3v) is 3.84. The van der Waals surface area contributed by atoms with Gasteiger partial charge in [0.25, 0.3) is 0 Å². The molecule has 1 N–H and O–H groups in total. The van der Waals surface area contributed by atoms with E-state index in [0.717, 1.165) is 40.5 Å². The van der Waals surface area contributed by atoms with Gasteiger partial charge in [0, 0.05) is 5.02 Å². The molecule has 0 saturated heterocycles. The summed E-state index contributed by atoms with van der Waals surface area (Å²) in [6.45, 7) is 6.32. The fraction of sp³-hybridized carbons (Fsp3) is 0.467. The molecule has 1 heterocycles. The van der Waals surface area contributed by atoms with Crippen LogP contribution >= 0.6 is 11.6 Å². The molecule has 108 valence electrons. The van der Waals surface area contributed by atoms with Crippen molar-refractivity contribution in [2.75, 3.05) is 7.05 Å². The summed E-state index contributed by atoms with van der Waals surface area (Å²) in [4.78, 5) is 0. The minimum absolute atomic E-state index is 0.242. The van der Waals surface area contributed by atoms with Gasteiger partial charge in [0.2, 0.25) is 0 Å². The molecule has 20 heavy (non-hydrogen) atoms. The molecule has 2 aromatic rings. The number of nitrogens with one attached hydrogen (secondary N) is 1. The average molecular weight is 293 g/mol. The second-order valence-electron chi connectivity index (χ2n) is 4.87. The fourth-order valence-corrected chi connectivity index (χ4v) is 2.73. The highest BCUT2D eigenvalue weighted by Gasteiger charge is 2.19. The van der Waals surface area contributed by atoms with Gasteiger partial charge in [-0.3, -0.25) is 0 Å². The van der Waals surface area contributed by atoms with Crippen molar-refractivity contribution in [2.45, 2.75) is 39.7 Å². The lowest BCUT2D eigenvalue weighted by Crippen LogP contribution is -2.17. The molecule has 1 unspecified atom stereocenters. The zero-order valence-corrected chi connectivity index (χ0v) is 13.2. The average Bonchev–Trinajstić information content (AvgIpc) is 2.84. The van der Waals surface area contributed by atoms with Crippen LogP contribution in [0.3, 0.4) is 0 Å². The number of rotatable bonds is 5. The van der Waals surface area contributed by atoms with Crippen LogP contribution in [0.2, 0.25) is 5.02 Å². The quantitative estimate of drug-likeness (QED) is 0.918. The molecule has 1 atom stereocenters. The second-order valence-corrected chi connectivity index (χ2v) is 5.30. The summed E-state index contributed by atoms with van der Waals surface area (Å²) in [5.41, 5.74) is 4.32. The van der Waals surface area contributed by atoms with E-state index in [-0.39, 0.29) is 6.04 Å². The van der Waals surface area contributed by atoms with Crippen molar-refractivity contribution in [2.24, 2.45) is 0 Å². The van der Waals surface area contributed by atoms with Crippen LogP contribution in [0.1, 0.15) is 43.3 Å². The molecule has 0 aliphatic heterocycles. The van der Waals surface area contributed by atoms with E-state index in [1.807, 2.05) is 36.9 Å². The van der Waals surface area contributed by atoms with Crippen LogP contribution < -0.4 is 5.32 Å². The highest BCUT2D eigenvalue weighted by atomic mass is 35.5. The Labute approximate surface area is 125 Å². The van der Waals surface area contributed by atoms with Gasteiger partial charge in [-0.15, -0.1) is 5.10 Å². The van der Waals surface area contributed by atoms with Crippen LogP contribution in [0.5, 0.6) is 0 Å². The third kappa shape index (κ3) is 2.72. The van der Waals surface area contributed by atoms with E-state index < -0.39 is 0 Å². The number of benzene rings is 1. The van der Waals surface area contributed by atoms with E-state index in [9.17, 15) is 0 Å². The summed E-state index contributed by atoms with van der Waals surface area (Å²) < 4.78 is 1.93. The van der Waals surface area contributed by atoms with Crippen LogP contribution in [0.15, 0.2) is 18.2 Å². The molecule has 0 radical (unpaired) electrons. The molecule has 0 fully saturated rings. The maximum absolute atomic E-state index is 6.02. The van der Waals surface area contributed by atoms with E-state index in [1.165, 1.54) is 0 Å². The summed E-state index contributed by atoms with van der Waals surface area (Å²) in [6.07, 6.45) is 1.88. The van der Waals surface area contributed by atoms with Crippen LogP contribution in [-0.4, -0.2) is 22.0 Å². The van der Waals surface area contributed by atoms with Gasteiger partial charge in [0.1, 0.15) is 5.69 Å². The van der Waals surface area contributed by atoms with Crippen LogP contribution in [0, 0.1) is 6.92 Å². The van der Waals surface area contributed by atoms with Gasteiger partial charge in [-0.2, -0.15) is 0 Å². The van der Waals surface area contributed by atoms with Gasteiger partial charge in [-0.05, 0) is 50.6 Å². The minimum Gasteiger partial charge on any atom is -0.312 e. The van der Waals surface area contributed by atoms with Crippen molar-refractivity contribution >= 4 is 11.6 Å². The predicted octanol–water partition coefficient (Wildman–Crippen LogP) is 3.46. The van der Waals surface area contributed by atoms with Gasteiger partial charge in [-0.25, -0.2) is 4.68 Å². The van der Waals surface area contributed by atoms with Crippen LogP contribution in [0.25, 0.3) is 5.69 Å². The summed E-state index contributed by atoms with van der Waals surface area (Å²) in [6, 6.07) is 6.08. The second kappa shape index (κ2) is 6.37. The van der Waals surface area contributed by atoms with Gasteiger partial charge >= 0.3 is 0 Å². The molecule has 1 aromatic heterocycles. The van der Waals surface area contributed by atoms with Crippen LogP contribution in [-0.2, 0) is 6.42 Å². The van der Waals surface area contributed by atoms with Crippen LogP contribution in [0.4, 0.5) is 0 Å². The number of nitrogens with zero attached hydrogens (tertiary/aromatic N) is 3. The highest BCUT2D eigenvalue weighted by molar-refractivity contribution is 6.30. The molecule has 1 aromatic carbocycles. The van der Waals surface area contributed by atoms with E-state index in [4.69, 9.17) is 11.6 Å². The first-order valence-corrected chi connectivity index (χ1v) is 7.38. The molecule has 5 heteroatoms. The lowest BCUT2D eigenvalue weighted by Gasteiger charge is -2.14. The first-order chi connectivity index (χ1) is 9.62. The minimum atomic E-state index is 0.242. The highest BCUT2D eigenvalue weighted by Crippen LogP contribution is 2.24.